The molecule has 2 rings (SSSR count). The lowest BCUT2D eigenvalue weighted by Crippen LogP contribution is -2.44. The minimum Gasteiger partial charge on any atom is -0.347 e. The first-order valence-electron chi connectivity index (χ1n) is 6.37. The maximum absolute atomic E-state index is 11.7. The number of Topliss-reactive ketones (excluding diaryl/α,β-unsaturated/α-hetero) is 1. The van der Waals surface area contributed by atoms with Crippen LogP contribution in [0.1, 0.15) is 26.2 Å². The highest BCUT2D eigenvalue weighted by Gasteiger charge is 2.27. The van der Waals surface area contributed by atoms with Gasteiger partial charge in [0, 0.05) is 26.8 Å². The van der Waals surface area contributed by atoms with Gasteiger partial charge in [-0.2, -0.15) is 4.98 Å². The summed E-state index contributed by atoms with van der Waals surface area (Å²) < 4.78 is 0. The Labute approximate surface area is 108 Å². The smallest absolute Gasteiger partial charge is 0.226 e. The van der Waals surface area contributed by atoms with Crippen LogP contribution in [0.4, 0.5) is 11.8 Å². The second kappa shape index (κ2) is 5.33. The summed E-state index contributed by atoms with van der Waals surface area (Å²) in [5.74, 6) is 1.76. The Morgan fingerprint density at radius 1 is 1.44 bits per heavy atom. The molecule has 1 aliphatic rings. The number of nitrogens with zero attached hydrogens (tertiary/aromatic N) is 4. The largest absolute Gasteiger partial charge is 0.347 e. The fraction of sp³-hybridized carbons (Fsp3) is 0.615. The molecule has 1 aromatic heterocycles. The minimum absolute atomic E-state index is 0.0244. The zero-order valence-corrected chi connectivity index (χ0v) is 11.3. The van der Waals surface area contributed by atoms with E-state index < -0.39 is 0 Å². The average Bonchev–Trinajstić information content (AvgIpc) is 2.39. The molecule has 0 amide bonds. The summed E-state index contributed by atoms with van der Waals surface area (Å²) >= 11 is 0. The molecule has 5 nitrogen and oxygen atoms in total. The van der Waals surface area contributed by atoms with Crippen molar-refractivity contribution < 1.29 is 4.79 Å². The van der Waals surface area contributed by atoms with Crippen molar-refractivity contribution in [2.75, 3.05) is 30.4 Å². The normalized spacial score (nSPS) is 19.7. The Bertz CT molecular complexity index is 433. The quantitative estimate of drug-likeness (QED) is 0.811. The molecule has 1 unspecified atom stereocenters. The van der Waals surface area contributed by atoms with E-state index in [4.69, 9.17) is 0 Å². The first-order chi connectivity index (χ1) is 8.59. The Morgan fingerprint density at radius 2 is 2.22 bits per heavy atom. The van der Waals surface area contributed by atoms with Gasteiger partial charge in [0.25, 0.3) is 0 Å². The van der Waals surface area contributed by atoms with Crippen molar-refractivity contribution in [3.8, 4) is 0 Å². The summed E-state index contributed by atoms with van der Waals surface area (Å²) in [6.07, 6.45) is 4.91. The molecule has 18 heavy (non-hydrogen) atoms. The molecule has 0 N–H and O–H groups in total. The van der Waals surface area contributed by atoms with Crippen LogP contribution in [0.25, 0.3) is 0 Å². The highest BCUT2D eigenvalue weighted by Crippen LogP contribution is 2.24. The molecule has 1 atom stereocenters. The zero-order valence-electron chi connectivity index (χ0n) is 11.3. The van der Waals surface area contributed by atoms with Gasteiger partial charge in [0.05, 0.1) is 6.04 Å². The Kier molecular flexibility index (Phi) is 3.79. The van der Waals surface area contributed by atoms with Crippen LogP contribution in [0.5, 0.6) is 0 Å². The van der Waals surface area contributed by atoms with Gasteiger partial charge in [-0.05, 0) is 32.3 Å². The number of carbonyl (C=O) groups is 1. The van der Waals surface area contributed by atoms with Crippen molar-refractivity contribution in [1.82, 2.24) is 9.97 Å². The van der Waals surface area contributed by atoms with Gasteiger partial charge in [-0.1, -0.05) is 0 Å². The van der Waals surface area contributed by atoms with Crippen LogP contribution >= 0.6 is 0 Å². The van der Waals surface area contributed by atoms with E-state index >= 15 is 0 Å². The van der Waals surface area contributed by atoms with Gasteiger partial charge in [0.15, 0.2) is 5.78 Å². The third-order valence-electron chi connectivity index (χ3n) is 3.29. The molecular weight excluding hydrogens is 228 g/mol. The first kappa shape index (κ1) is 12.8. The molecule has 0 aromatic carbocycles. The lowest BCUT2D eigenvalue weighted by Gasteiger charge is -2.35. The van der Waals surface area contributed by atoms with E-state index in [1.807, 2.05) is 25.1 Å². The molecule has 0 spiro atoms. The standard InChI is InChI=1S/C13H20N4O/c1-10(18)11-6-4-5-9-17(11)12-7-8-14-13(15-12)16(2)3/h7-8,11H,4-6,9H2,1-3H3. The van der Waals surface area contributed by atoms with E-state index in [0.717, 1.165) is 31.6 Å². The molecule has 1 fully saturated rings. The van der Waals surface area contributed by atoms with E-state index in [1.165, 1.54) is 0 Å². The SMILES string of the molecule is CC(=O)C1CCCCN1c1ccnc(N(C)C)n1. The van der Waals surface area contributed by atoms with Crippen molar-refractivity contribution in [1.29, 1.82) is 0 Å². The molecule has 1 aliphatic heterocycles. The van der Waals surface area contributed by atoms with Crippen molar-refractivity contribution in [2.45, 2.75) is 32.2 Å². The van der Waals surface area contributed by atoms with Crippen LogP contribution < -0.4 is 9.80 Å². The van der Waals surface area contributed by atoms with E-state index in [9.17, 15) is 4.79 Å². The van der Waals surface area contributed by atoms with Gasteiger partial charge >= 0.3 is 0 Å². The molecule has 1 aromatic rings. The highest BCUT2D eigenvalue weighted by atomic mass is 16.1. The van der Waals surface area contributed by atoms with Crippen LogP contribution in [0.15, 0.2) is 12.3 Å². The van der Waals surface area contributed by atoms with E-state index in [0.29, 0.717) is 5.95 Å². The number of carbonyl (C=O) groups excluding carboxylic acids is 1. The third-order valence-corrected chi connectivity index (χ3v) is 3.29. The minimum atomic E-state index is -0.0244. The Hall–Kier alpha value is -1.65. The maximum atomic E-state index is 11.7. The Morgan fingerprint density at radius 3 is 2.89 bits per heavy atom. The first-order valence-corrected chi connectivity index (χ1v) is 6.37. The molecule has 98 valence electrons. The number of hydrogen-bond acceptors (Lipinski definition) is 5. The number of piperidine rings is 1. The maximum Gasteiger partial charge on any atom is 0.226 e. The molecule has 1 saturated heterocycles. The predicted octanol–water partition coefficient (Wildman–Crippen LogP) is 1.49. The topological polar surface area (TPSA) is 49.3 Å². The van der Waals surface area contributed by atoms with Crippen LogP contribution in [0.2, 0.25) is 0 Å². The number of hydrogen-bond donors (Lipinski definition) is 0. The van der Waals surface area contributed by atoms with Gasteiger partial charge in [0.1, 0.15) is 5.82 Å². The number of rotatable bonds is 3. The summed E-state index contributed by atoms with van der Waals surface area (Å²) in [5, 5.41) is 0. The lowest BCUT2D eigenvalue weighted by molar-refractivity contribution is -0.118. The molecular formula is C13H20N4O. The molecule has 2 heterocycles. The number of anilines is 2. The highest BCUT2D eigenvalue weighted by molar-refractivity contribution is 5.84. The van der Waals surface area contributed by atoms with Crippen LogP contribution in [-0.2, 0) is 4.79 Å². The molecule has 0 saturated carbocycles. The third kappa shape index (κ3) is 2.60. The lowest BCUT2D eigenvalue weighted by atomic mass is 9.99. The van der Waals surface area contributed by atoms with Crippen LogP contribution in [0.3, 0.4) is 0 Å². The van der Waals surface area contributed by atoms with Crippen LogP contribution in [0, 0.1) is 0 Å². The Balaban J connectivity index is 2.28. The van der Waals surface area contributed by atoms with Crippen molar-refractivity contribution in [3.63, 3.8) is 0 Å². The number of ketones is 1. The predicted molar refractivity (Wildman–Crippen MR) is 72.0 cm³/mol. The summed E-state index contributed by atoms with van der Waals surface area (Å²) in [6.45, 7) is 2.56. The van der Waals surface area contributed by atoms with Crippen LogP contribution in [-0.4, -0.2) is 42.4 Å². The van der Waals surface area contributed by atoms with Gasteiger partial charge in [-0.15, -0.1) is 0 Å². The second-order valence-electron chi connectivity index (χ2n) is 4.92. The second-order valence-corrected chi connectivity index (χ2v) is 4.92. The molecule has 5 heteroatoms. The fourth-order valence-corrected chi connectivity index (χ4v) is 2.34. The molecule has 0 radical (unpaired) electrons. The van der Waals surface area contributed by atoms with Gasteiger partial charge in [-0.3, -0.25) is 4.79 Å². The summed E-state index contributed by atoms with van der Waals surface area (Å²) in [4.78, 5) is 24.4. The van der Waals surface area contributed by atoms with Gasteiger partial charge < -0.3 is 9.80 Å². The van der Waals surface area contributed by atoms with E-state index in [-0.39, 0.29) is 11.8 Å². The molecule has 0 bridgehead atoms. The zero-order chi connectivity index (χ0) is 13.1. The fourth-order valence-electron chi connectivity index (χ4n) is 2.34. The number of aromatic nitrogens is 2. The van der Waals surface area contributed by atoms with Crippen molar-refractivity contribution in [3.05, 3.63) is 12.3 Å². The summed E-state index contributed by atoms with van der Waals surface area (Å²) in [7, 11) is 3.83. The van der Waals surface area contributed by atoms with Gasteiger partial charge in [0.2, 0.25) is 5.95 Å². The van der Waals surface area contributed by atoms with Crippen molar-refractivity contribution >= 4 is 17.5 Å². The average molecular weight is 248 g/mol. The van der Waals surface area contributed by atoms with Crippen molar-refractivity contribution in [2.24, 2.45) is 0 Å². The monoisotopic (exact) mass is 248 g/mol. The molecule has 0 aliphatic carbocycles. The van der Waals surface area contributed by atoms with Gasteiger partial charge in [-0.25, -0.2) is 4.98 Å². The van der Waals surface area contributed by atoms with E-state index in [2.05, 4.69) is 14.9 Å². The summed E-state index contributed by atoms with van der Waals surface area (Å²) in [6, 6.07) is 1.86. The summed E-state index contributed by atoms with van der Waals surface area (Å²) in [5.41, 5.74) is 0. The van der Waals surface area contributed by atoms with E-state index in [1.54, 1.807) is 13.1 Å².